The molecule has 0 spiro atoms. The fourth-order valence-electron chi connectivity index (χ4n) is 2.30. The van der Waals surface area contributed by atoms with Crippen LogP contribution < -0.4 is 15.0 Å². The summed E-state index contributed by atoms with van der Waals surface area (Å²) in [6, 6.07) is 11.9. The van der Waals surface area contributed by atoms with E-state index >= 15 is 0 Å². The van der Waals surface area contributed by atoms with Crippen molar-refractivity contribution in [2.75, 3.05) is 38.2 Å². The first-order valence-corrected chi connectivity index (χ1v) is 6.80. The summed E-state index contributed by atoms with van der Waals surface area (Å²) >= 11 is 0. The quantitative estimate of drug-likeness (QED) is 0.917. The van der Waals surface area contributed by atoms with Crippen LogP contribution in [0.2, 0.25) is 0 Å². The Morgan fingerprint density at radius 2 is 1.75 bits per heavy atom. The summed E-state index contributed by atoms with van der Waals surface area (Å²) in [6.45, 7) is 3.97. The number of hydrogen-bond acceptors (Lipinski definition) is 5. The van der Waals surface area contributed by atoms with Crippen LogP contribution in [0.5, 0.6) is 5.75 Å². The summed E-state index contributed by atoms with van der Waals surface area (Å²) in [6.07, 6.45) is 0. The minimum Gasteiger partial charge on any atom is -0.497 e. The van der Waals surface area contributed by atoms with Gasteiger partial charge in [0.25, 0.3) is 0 Å². The van der Waals surface area contributed by atoms with Crippen LogP contribution in [0.15, 0.2) is 36.4 Å². The molecule has 0 unspecified atom stereocenters. The number of hydrogen-bond donors (Lipinski definition) is 1. The molecule has 5 nitrogen and oxygen atoms in total. The third-order valence-corrected chi connectivity index (χ3v) is 3.48. The van der Waals surface area contributed by atoms with Gasteiger partial charge in [0.1, 0.15) is 5.75 Å². The molecule has 0 aliphatic carbocycles. The highest BCUT2D eigenvalue weighted by Gasteiger charge is 2.12. The van der Waals surface area contributed by atoms with E-state index in [4.69, 9.17) is 4.74 Å². The highest BCUT2D eigenvalue weighted by atomic mass is 16.5. The molecule has 0 amide bonds. The molecule has 3 rings (SSSR count). The van der Waals surface area contributed by atoms with E-state index in [0.717, 1.165) is 49.0 Å². The molecular formula is C15H18N4O. The van der Waals surface area contributed by atoms with E-state index in [2.05, 4.69) is 20.4 Å². The number of rotatable bonds is 3. The lowest BCUT2D eigenvalue weighted by molar-refractivity contribution is 0.415. The van der Waals surface area contributed by atoms with Gasteiger partial charge in [-0.25, -0.2) is 0 Å². The summed E-state index contributed by atoms with van der Waals surface area (Å²) in [4.78, 5) is 2.25. The molecule has 20 heavy (non-hydrogen) atoms. The van der Waals surface area contributed by atoms with Gasteiger partial charge in [-0.2, -0.15) is 0 Å². The van der Waals surface area contributed by atoms with Gasteiger partial charge >= 0.3 is 0 Å². The summed E-state index contributed by atoms with van der Waals surface area (Å²) in [5.41, 5.74) is 1.93. The summed E-state index contributed by atoms with van der Waals surface area (Å²) in [5.74, 6) is 1.79. The molecule has 1 aliphatic rings. The maximum Gasteiger partial charge on any atom is 0.151 e. The largest absolute Gasteiger partial charge is 0.497 e. The Kier molecular flexibility index (Phi) is 3.78. The van der Waals surface area contributed by atoms with Crippen molar-refractivity contribution in [1.82, 2.24) is 15.5 Å². The highest BCUT2D eigenvalue weighted by molar-refractivity contribution is 5.60. The molecule has 1 fully saturated rings. The maximum absolute atomic E-state index is 5.15. The molecular weight excluding hydrogens is 252 g/mol. The normalized spacial score (nSPS) is 15.2. The zero-order valence-corrected chi connectivity index (χ0v) is 11.5. The topological polar surface area (TPSA) is 50.3 Å². The number of ether oxygens (including phenoxy) is 1. The van der Waals surface area contributed by atoms with Crippen molar-refractivity contribution in [3.05, 3.63) is 36.4 Å². The number of nitrogens with zero attached hydrogens (tertiary/aromatic N) is 3. The first-order chi connectivity index (χ1) is 9.86. The third-order valence-electron chi connectivity index (χ3n) is 3.48. The lowest BCUT2D eigenvalue weighted by Gasteiger charge is -2.27. The van der Waals surface area contributed by atoms with Crippen LogP contribution >= 0.6 is 0 Å². The molecule has 0 saturated carbocycles. The van der Waals surface area contributed by atoms with Gasteiger partial charge in [-0.3, -0.25) is 0 Å². The molecule has 1 N–H and O–H groups in total. The van der Waals surface area contributed by atoms with Crippen molar-refractivity contribution >= 4 is 5.82 Å². The van der Waals surface area contributed by atoms with Crippen molar-refractivity contribution in [2.45, 2.75) is 0 Å². The number of nitrogens with one attached hydrogen (secondary N) is 1. The number of anilines is 1. The monoisotopic (exact) mass is 270 g/mol. The Bertz CT molecular complexity index is 547. The predicted octanol–water partition coefficient (Wildman–Crippen LogP) is 1.56. The van der Waals surface area contributed by atoms with E-state index < -0.39 is 0 Å². The Labute approximate surface area is 118 Å². The van der Waals surface area contributed by atoms with Gasteiger partial charge in [-0.1, -0.05) is 0 Å². The first kappa shape index (κ1) is 12.9. The molecule has 5 heteroatoms. The second-order valence-electron chi connectivity index (χ2n) is 4.74. The van der Waals surface area contributed by atoms with Crippen molar-refractivity contribution in [3.8, 4) is 17.0 Å². The molecule has 0 bridgehead atoms. The minimum atomic E-state index is 0.846. The smallest absolute Gasteiger partial charge is 0.151 e. The Morgan fingerprint density at radius 1 is 1.00 bits per heavy atom. The summed E-state index contributed by atoms with van der Waals surface area (Å²) in [7, 11) is 1.66. The number of piperazine rings is 1. The number of methoxy groups -OCH3 is 1. The van der Waals surface area contributed by atoms with E-state index in [1.165, 1.54) is 0 Å². The van der Waals surface area contributed by atoms with Gasteiger partial charge in [0, 0.05) is 31.7 Å². The van der Waals surface area contributed by atoms with E-state index in [0.29, 0.717) is 0 Å². The van der Waals surface area contributed by atoms with Crippen molar-refractivity contribution in [2.24, 2.45) is 0 Å². The molecule has 1 aromatic carbocycles. The fraction of sp³-hybridized carbons (Fsp3) is 0.333. The van der Waals surface area contributed by atoms with Crippen molar-refractivity contribution in [3.63, 3.8) is 0 Å². The number of benzene rings is 1. The van der Waals surface area contributed by atoms with E-state index in [-0.39, 0.29) is 0 Å². The first-order valence-electron chi connectivity index (χ1n) is 6.80. The second-order valence-corrected chi connectivity index (χ2v) is 4.74. The van der Waals surface area contributed by atoms with Crippen LogP contribution in [-0.4, -0.2) is 43.5 Å². The standard InChI is InChI=1S/C15H18N4O/c1-20-13-4-2-12(3-5-13)14-6-7-15(18-17-14)19-10-8-16-9-11-19/h2-7,16H,8-11H2,1H3. The predicted molar refractivity (Wildman–Crippen MR) is 79.1 cm³/mol. The van der Waals surface area contributed by atoms with Crippen LogP contribution in [0.4, 0.5) is 5.82 Å². The molecule has 1 saturated heterocycles. The average molecular weight is 270 g/mol. The molecule has 104 valence electrons. The fourth-order valence-corrected chi connectivity index (χ4v) is 2.30. The van der Waals surface area contributed by atoms with Gasteiger partial charge in [0.05, 0.1) is 12.8 Å². The molecule has 0 atom stereocenters. The van der Waals surface area contributed by atoms with Crippen LogP contribution in [0.25, 0.3) is 11.3 Å². The third kappa shape index (κ3) is 2.72. The van der Waals surface area contributed by atoms with Crippen molar-refractivity contribution < 1.29 is 4.74 Å². The Hall–Kier alpha value is -2.14. The average Bonchev–Trinajstić information content (AvgIpc) is 2.56. The van der Waals surface area contributed by atoms with E-state index in [1.807, 2.05) is 36.4 Å². The zero-order chi connectivity index (χ0) is 13.8. The van der Waals surface area contributed by atoms with E-state index in [1.54, 1.807) is 7.11 Å². The summed E-state index contributed by atoms with van der Waals surface area (Å²) < 4.78 is 5.15. The SMILES string of the molecule is COc1ccc(-c2ccc(N3CCNCC3)nn2)cc1. The molecule has 0 radical (unpaired) electrons. The van der Waals surface area contributed by atoms with Gasteiger partial charge in [0.2, 0.25) is 0 Å². The van der Waals surface area contributed by atoms with E-state index in [9.17, 15) is 0 Å². The lowest BCUT2D eigenvalue weighted by Crippen LogP contribution is -2.43. The second kappa shape index (κ2) is 5.88. The van der Waals surface area contributed by atoms with Gasteiger partial charge in [-0.05, 0) is 36.4 Å². The minimum absolute atomic E-state index is 0.846. The van der Waals surface area contributed by atoms with Crippen LogP contribution in [0, 0.1) is 0 Å². The Balaban J connectivity index is 1.77. The van der Waals surface area contributed by atoms with Crippen LogP contribution in [0.3, 0.4) is 0 Å². The van der Waals surface area contributed by atoms with Crippen LogP contribution in [-0.2, 0) is 0 Å². The zero-order valence-electron chi connectivity index (χ0n) is 11.5. The molecule has 1 aromatic heterocycles. The molecule has 2 heterocycles. The molecule has 2 aromatic rings. The summed E-state index contributed by atoms with van der Waals surface area (Å²) in [5, 5.41) is 12.0. The van der Waals surface area contributed by atoms with Gasteiger partial charge < -0.3 is 15.0 Å². The highest BCUT2D eigenvalue weighted by Crippen LogP contribution is 2.21. The van der Waals surface area contributed by atoms with Crippen LogP contribution in [0.1, 0.15) is 0 Å². The number of aromatic nitrogens is 2. The lowest BCUT2D eigenvalue weighted by atomic mass is 10.1. The van der Waals surface area contributed by atoms with Crippen molar-refractivity contribution in [1.29, 1.82) is 0 Å². The van der Waals surface area contributed by atoms with Gasteiger partial charge in [0.15, 0.2) is 5.82 Å². The van der Waals surface area contributed by atoms with Gasteiger partial charge in [-0.15, -0.1) is 10.2 Å². The molecule has 1 aliphatic heterocycles. The maximum atomic E-state index is 5.15. The Morgan fingerprint density at radius 3 is 2.35 bits per heavy atom.